The second-order valence-electron chi connectivity index (χ2n) is 9.69. The second-order valence-corrected chi connectivity index (χ2v) is 12.1. The Kier molecular flexibility index (Phi) is 19.2. The maximum absolute atomic E-state index is 11.2. The summed E-state index contributed by atoms with van der Waals surface area (Å²) in [5.41, 5.74) is 0. The van der Waals surface area contributed by atoms with Crippen LogP contribution in [0.15, 0.2) is 0 Å². The first-order valence-corrected chi connectivity index (χ1v) is 14.9. The zero-order valence-electron chi connectivity index (χ0n) is 20.3. The summed E-state index contributed by atoms with van der Waals surface area (Å²) in [5.74, 6) is 2.02. The molecule has 0 fully saturated rings. The molecule has 30 heavy (non-hydrogen) atoms. The Morgan fingerprint density at radius 2 is 1.20 bits per heavy atom. The molecule has 0 aliphatic carbocycles. The van der Waals surface area contributed by atoms with Crippen LogP contribution < -0.4 is 0 Å². The molecule has 1 unspecified atom stereocenters. The molecular weight excluding hydrogens is 417 g/mol. The second kappa shape index (κ2) is 18.9. The van der Waals surface area contributed by atoms with Crippen molar-refractivity contribution in [2.75, 3.05) is 39.2 Å². The monoisotopic (exact) mass is 468 g/mol. The van der Waals surface area contributed by atoms with Crippen LogP contribution in [0.3, 0.4) is 0 Å². The van der Waals surface area contributed by atoms with Crippen LogP contribution in [-0.4, -0.2) is 59.6 Å². The van der Waals surface area contributed by atoms with Gasteiger partial charge in [0, 0.05) is 0 Å². The lowest BCUT2D eigenvalue weighted by Gasteiger charge is -2.29. The first-order chi connectivity index (χ1) is 14.1. The highest BCUT2D eigenvalue weighted by Gasteiger charge is 2.26. The Morgan fingerprint density at radius 1 is 0.767 bits per heavy atom. The van der Waals surface area contributed by atoms with Gasteiger partial charge in [0.2, 0.25) is 0 Å². The highest BCUT2D eigenvalue weighted by atomic mass is 32.2. The Hall–Kier alpha value is 0.420. The molecule has 0 aliphatic rings. The van der Waals surface area contributed by atoms with E-state index in [4.69, 9.17) is 14.3 Å². The molecule has 0 aliphatic heterocycles. The fraction of sp³-hybridized carbons (Fsp3) is 1.00. The van der Waals surface area contributed by atoms with Crippen molar-refractivity contribution in [1.82, 2.24) is 0 Å². The molecule has 0 saturated heterocycles. The molecule has 0 aromatic rings. The van der Waals surface area contributed by atoms with Crippen molar-refractivity contribution in [1.29, 1.82) is 0 Å². The van der Waals surface area contributed by atoms with Crippen molar-refractivity contribution >= 4 is 19.6 Å². The van der Waals surface area contributed by atoms with Crippen molar-refractivity contribution in [2.24, 2.45) is 0 Å². The molecule has 0 aromatic heterocycles. The number of rotatable bonds is 22. The number of thioether (sulfide) groups is 1. The fourth-order valence-electron chi connectivity index (χ4n) is 3.70. The van der Waals surface area contributed by atoms with Crippen LogP contribution in [0.5, 0.6) is 0 Å². The van der Waals surface area contributed by atoms with E-state index in [1.165, 1.54) is 89.9 Å². The summed E-state index contributed by atoms with van der Waals surface area (Å²) in [6, 6.07) is 0. The van der Waals surface area contributed by atoms with E-state index < -0.39 is 13.9 Å². The summed E-state index contributed by atoms with van der Waals surface area (Å²) in [4.78, 5) is 18.2. The van der Waals surface area contributed by atoms with Crippen molar-refractivity contribution in [3.8, 4) is 0 Å². The number of unbranched alkanes of at least 4 members (excludes halogenated alkanes) is 13. The van der Waals surface area contributed by atoms with E-state index in [9.17, 15) is 4.57 Å². The molecule has 0 saturated carbocycles. The van der Waals surface area contributed by atoms with Crippen LogP contribution in [0.25, 0.3) is 0 Å². The lowest BCUT2D eigenvalue weighted by molar-refractivity contribution is -0.873. The SMILES string of the molecule is CCCCCCCCCCCCCCCCSCCC(C[N+](C)(C)C)OP(=O)(O)O. The van der Waals surface area contributed by atoms with E-state index in [2.05, 4.69) is 6.92 Å². The van der Waals surface area contributed by atoms with Gasteiger partial charge in [0.1, 0.15) is 12.6 Å². The molecule has 1 atom stereocenters. The van der Waals surface area contributed by atoms with Gasteiger partial charge in [-0.3, -0.25) is 4.52 Å². The number of nitrogens with zero attached hydrogens (tertiary/aromatic N) is 1. The van der Waals surface area contributed by atoms with E-state index >= 15 is 0 Å². The smallest absolute Gasteiger partial charge is 0.329 e. The first kappa shape index (κ1) is 30.4. The number of hydrogen-bond acceptors (Lipinski definition) is 3. The Balaban J connectivity index is 3.48. The van der Waals surface area contributed by atoms with Gasteiger partial charge in [-0.05, 0) is 24.3 Å². The number of phosphoric ester groups is 1. The molecule has 0 rings (SSSR count). The van der Waals surface area contributed by atoms with Gasteiger partial charge >= 0.3 is 7.82 Å². The summed E-state index contributed by atoms with van der Waals surface area (Å²) < 4.78 is 16.8. The topological polar surface area (TPSA) is 66.8 Å². The Morgan fingerprint density at radius 3 is 1.60 bits per heavy atom. The Bertz CT molecular complexity index is 426. The number of hydrogen-bond donors (Lipinski definition) is 2. The fourth-order valence-corrected chi connectivity index (χ4v) is 5.30. The van der Waals surface area contributed by atoms with Gasteiger partial charge in [0.15, 0.2) is 0 Å². The molecule has 0 radical (unpaired) electrons. The zero-order chi connectivity index (χ0) is 22.7. The minimum atomic E-state index is -4.42. The maximum atomic E-state index is 11.2. The summed E-state index contributed by atoms with van der Waals surface area (Å²) in [6.07, 6.45) is 19.6. The lowest BCUT2D eigenvalue weighted by Crippen LogP contribution is -2.42. The van der Waals surface area contributed by atoms with Crippen LogP contribution >= 0.6 is 19.6 Å². The summed E-state index contributed by atoms with van der Waals surface area (Å²) in [6.45, 7) is 2.88. The third-order valence-electron chi connectivity index (χ3n) is 5.26. The average molecular weight is 469 g/mol. The molecule has 0 aromatic carbocycles. The van der Waals surface area contributed by atoms with Crippen molar-refractivity contribution < 1.29 is 23.4 Å². The Labute approximate surface area is 191 Å². The molecular formula is C23H51NO4PS+. The van der Waals surface area contributed by atoms with Crippen molar-refractivity contribution in [3.63, 3.8) is 0 Å². The van der Waals surface area contributed by atoms with Gasteiger partial charge in [-0.15, -0.1) is 0 Å². The molecule has 2 N–H and O–H groups in total. The predicted octanol–water partition coefficient (Wildman–Crippen LogP) is 6.78. The van der Waals surface area contributed by atoms with E-state index in [0.29, 0.717) is 17.4 Å². The van der Waals surface area contributed by atoms with Gasteiger partial charge in [0.25, 0.3) is 0 Å². The lowest BCUT2D eigenvalue weighted by atomic mass is 10.0. The molecule has 5 nitrogen and oxygen atoms in total. The van der Waals surface area contributed by atoms with E-state index in [1.807, 2.05) is 32.9 Å². The van der Waals surface area contributed by atoms with Crippen LogP contribution in [-0.2, 0) is 9.09 Å². The third kappa shape index (κ3) is 24.7. The van der Waals surface area contributed by atoms with Gasteiger partial charge < -0.3 is 14.3 Å². The summed E-state index contributed by atoms with van der Waals surface area (Å²) in [5, 5.41) is 0. The van der Waals surface area contributed by atoms with Gasteiger partial charge in [0.05, 0.1) is 21.1 Å². The predicted molar refractivity (Wildman–Crippen MR) is 132 cm³/mol. The standard InChI is InChI=1S/C23H50NO4PS/c1-5-6-7-8-9-10-11-12-13-14-15-16-17-18-20-30-21-19-23(22-24(2,3)4)28-29(25,26)27/h23H,5-22H2,1-4H3,(H-,25,26,27)/p+1. The minimum Gasteiger partial charge on any atom is -0.329 e. The molecule has 0 bridgehead atoms. The molecule has 0 heterocycles. The number of likely N-dealkylation sites (N-methyl/N-ethyl adjacent to an activating group) is 1. The molecule has 7 heteroatoms. The van der Waals surface area contributed by atoms with Crippen LogP contribution in [0, 0.1) is 0 Å². The van der Waals surface area contributed by atoms with Crippen molar-refractivity contribution in [2.45, 2.75) is 109 Å². The van der Waals surface area contributed by atoms with E-state index in [-0.39, 0.29) is 0 Å². The van der Waals surface area contributed by atoms with Gasteiger partial charge in [-0.2, -0.15) is 11.8 Å². The van der Waals surface area contributed by atoms with E-state index in [1.54, 1.807) is 0 Å². The average Bonchev–Trinajstić information content (AvgIpc) is 2.61. The first-order valence-electron chi connectivity index (χ1n) is 12.3. The van der Waals surface area contributed by atoms with Crippen molar-refractivity contribution in [3.05, 3.63) is 0 Å². The molecule has 182 valence electrons. The van der Waals surface area contributed by atoms with Crippen LogP contribution in [0.2, 0.25) is 0 Å². The highest BCUT2D eigenvalue weighted by molar-refractivity contribution is 7.99. The summed E-state index contributed by atoms with van der Waals surface area (Å²) >= 11 is 1.88. The molecule has 0 spiro atoms. The quantitative estimate of drug-likeness (QED) is 0.104. The van der Waals surface area contributed by atoms with Gasteiger partial charge in [-0.25, -0.2) is 4.57 Å². The van der Waals surface area contributed by atoms with Crippen LogP contribution in [0.1, 0.15) is 103 Å². The normalized spacial score (nSPS) is 13.7. The highest BCUT2D eigenvalue weighted by Crippen LogP contribution is 2.38. The zero-order valence-corrected chi connectivity index (χ0v) is 22.0. The molecule has 0 amide bonds. The largest absolute Gasteiger partial charge is 0.470 e. The maximum Gasteiger partial charge on any atom is 0.470 e. The minimum absolute atomic E-state index is 0.394. The third-order valence-corrected chi connectivity index (χ3v) is 6.94. The number of phosphoric acid groups is 1. The van der Waals surface area contributed by atoms with Gasteiger partial charge in [-0.1, -0.05) is 90.4 Å². The van der Waals surface area contributed by atoms with Crippen LogP contribution in [0.4, 0.5) is 0 Å². The van der Waals surface area contributed by atoms with E-state index in [0.717, 1.165) is 11.5 Å². The number of quaternary nitrogens is 1. The summed E-state index contributed by atoms with van der Waals surface area (Å²) in [7, 11) is 1.62.